The van der Waals surface area contributed by atoms with E-state index in [1.54, 1.807) is 25.7 Å². The predicted octanol–water partition coefficient (Wildman–Crippen LogP) is 3.75. The largest absolute Gasteiger partial charge is 0.493 e. The van der Waals surface area contributed by atoms with Crippen LogP contribution in [0.15, 0.2) is 46.7 Å². The van der Waals surface area contributed by atoms with Crippen LogP contribution in [0.3, 0.4) is 0 Å². The van der Waals surface area contributed by atoms with Crippen LogP contribution in [-0.2, 0) is 21.4 Å². The summed E-state index contributed by atoms with van der Waals surface area (Å²) in [6.07, 6.45) is 0. The van der Waals surface area contributed by atoms with Crippen LogP contribution in [-0.4, -0.2) is 40.6 Å². The lowest BCUT2D eigenvalue weighted by Gasteiger charge is -2.10. The normalized spacial score (nSPS) is 11.2. The van der Waals surface area contributed by atoms with E-state index >= 15 is 0 Å². The molecule has 0 bridgehead atoms. The zero-order valence-electron chi connectivity index (χ0n) is 16.8. The molecule has 0 unspecified atom stereocenters. The third-order valence-electron chi connectivity index (χ3n) is 4.26. The van der Waals surface area contributed by atoms with Gasteiger partial charge in [-0.3, -0.25) is 0 Å². The van der Waals surface area contributed by atoms with Crippen molar-refractivity contribution in [1.82, 2.24) is 9.71 Å². The van der Waals surface area contributed by atoms with E-state index in [9.17, 15) is 13.2 Å². The summed E-state index contributed by atoms with van der Waals surface area (Å²) < 4.78 is 42.3. The highest BCUT2D eigenvalue weighted by Crippen LogP contribution is 2.39. The molecule has 0 saturated carbocycles. The first-order valence-electron chi connectivity index (χ1n) is 8.86. The fourth-order valence-corrected chi connectivity index (χ4v) is 4.80. The van der Waals surface area contributed by atoms with Gasteiger partial charge in [-0.25, -0.2) is 22.9 Å². The number of thiazole rings is 1. The molecule has 0 saturated heterocycles. The van der Waals surface area contributed by atoms with Crippen LogP contribution in [0.5, 0.6) is 11.5 Å². The number of rotatable bonds is 8. The molecule has 1 N–H and O–H groups in total. The van der Waals surface area contributed by atoms with Crippen LogP contribution in [0.2, 0.25) is 5.02 Å². The smallest absolute Gasteiger partial charge is 0.338 e. The molecular formula is C20H19ClN2O6S2. The Hall–Kier alpha value is -2.66. The van der Waals surface area contributed by atoms with Gasteiger partial charge in [0.25, 0.3) is 0 Å². The van der Waals surface area contributed by atoms with Crippen molar-refractivity contribution in [3.63, 3.8) is 0 Å². The third kappa shape index (κ3) is 4.99. The molecule has 31 heavy (non-hydrogen) atoms. The number of aromatic nitrogens is 1. The van der Waals surface area contributed by atoms with Crippen molar-refractivity contribution < 1.29 is 27.4 Å². The Kier molecular flexibility index (Phi) is 7.16. The summed E-state index contributed by atoms with van der Waals surface area (Å²) in [4.78, 5) is 16.7. The van der Waals surface area contributed by atoms with Crippen molar-refractivity contribution in [3.8, 4) is 22.1 Å². The highest BCUT2D eigenvalue weighted by Gasteiger charge is 2.20. The molecule has 8 nitrogen and oxygen atoms in total. The molecule has 0 atom stereocenters. The summed E-state index contributed by atoms with van der Waals surface area (Å²) in [5, 5.41) is 2.44. The van der Waals surface area contributed by atoms with Gasteiger partial charge in [0.15, 0.2) is 11.5 Å². The third-order valence-corrected chi connectivity index (χ3v) is 7.08. The maximum Gasteiger partial charge on any atom is 0.338 e. The number of para-hydroxylation sites is 1. The number of carbonyl (C=O) groups is 1. The number of benzene rings is 2. The number of ether oxygens (including phenoxy) is 3. The van der Waals surface area contributed by atoms with E-state index in [1.807, 2.05) is 12.1 Å². The van der Waals surface area contributed by atoms with E-state index in [4.69, 9.17) is 25.8 Å². The van der Waals surface area contributed by atoms with E-state index in [-0.39, 0.29) is 22.1 Å². The zero-order chi connectivity index (χ0) is 22.6. The van der Waals surface area contributed by atoms with E-state index in [2.05, 4.69) is 9.71 Å². The Bertz CT molecular complexity index is 1210. The monoisotopic (exact) mass is 482 g/mol. The second-order valence-corrected chi connectivity index (χ2v) is 9.23. The minimum Gasteiger partial charge on any atom is -0.493 e. The van der Waals surface area contributed by atoms with Crippen molar-refractivity contribution >= 4 is 38.9 Å². The predicted molar refractivity (Wildman–Crippen MR) is 117 cm³/mol. The van der Waals surface area contributed by atoms with Gasteiger partial charge in [0.05, 0.1) is 36.1 Å². The summed E-state index contributed by atoms with van der Waals surface area (Å²) in [6.45, 7) is -0.0850. The van der Waals surface area contributed by atoms with Crippen LogP contribution >= 0.6 is 22.9 Å². The number of methoxy groups -OCH3 is 2. The number of sulfonamides is 1. The number of nitrogens with zero attached hydrogens (tertiary/aromatic N) is 1. The first kappa shape index (κ1) is 23.0. The van der Waals surface area contributed by atoms with Crippen molar-refractivity contribution in [2.24, 2.45) is 0 Å². The molecule has 3 rings (SSSR count). The SMILES string of the molecule is CNS(=O)(=O)c1cc(C(=O)OCc2csc(-c3cccc(OC)c3OC)n2)ccc1Cl. The fourth-order valence-electron chi connectivity index (χ4n) is 2.72. The quantitative estimate of drug-likeness (QED) is 0.487. The number of hydrogen-bond acceptors (Lipinski definition) is 8. The number of hydrogen-bond donors (Lipinski definition) is 1. The zero-order valence-corrected chi connectivity index (χ0v) is 19.2. The molecule has 0 aliphatic rings. The Morgan fingerprint density at radius 1 is 1.19 bits per heavy atom. The summed E-state index contributed by atoms with van der Waals surface area (Å²) in [5.74, 6) is 0.443. The summed E-state index contributed by atoms with van der Waals surface area (Å²) in [6, 6.07) is 9.37. The first-order chi connectivity index (χ1) is 14.8. The fraction of sp³-hybridized carbons (Fsp3) is 0.200. The van der Waals surface area contributed by atoms with E-state index in [0.29, 0.717) is 22.2 Å². The lowest BCUT2D eigenvalue weighted by atomic mass is 10.2. The summed E-state index contributed by atoms with van der Waals surface area (Å²) in [5.41, 5.74) is 1.35. The Balaban J connectivity index is 1.76. The van der Waals surface area contributed by atoms with Crippen molar-refractivity contribution in [2.75, 3.05) is 21.3 Å². The molecule has 1 aromatic heterocycles. The minimum absolute atomic E-state index is 0.00211. The number of halogens is 1. The molecule has 0 fully saturated rings. The highest BCUT2D eigenvalue weighted by molar-refractivity contribution is 7.89. The van der Waals surface area contributed by atoms with Crippen LogP contribution in [0.25, 0.3) is 10.6 Å². The number of nitrogens with one attached hydrogen (secondary N) is 1. The van der Waals surface area contributed by atoms with Crippen LogP contribution < -0.4 is 14.2 Å². The molecule has 0 spiro atoms. The number of carbonyl (C=O) groups excluding carboxylic acids is 1. The molecule has 0 aliphatic heterocycles. The molecular weight excluding hydrogens is 464 g/mol. The van der Waals surface area contributed by atoms with Gasteiger partial charge >= 0.3 is 5.97 Å². The minimum atomic E-state index is -3.81. The van der Waals surface area contributed by atoms with Crippen LogP contribution in [0.1, 0.15) is 16.1 Å². The van der Waals surface area contributed by atoms with Gasteiger partial charge < -0.3 is 14.2 Å². The molecule has 2 aromatic carbocycles. The summed E-state index contributed by atoms with van der Waals surface area (Å²) in [7, 11) is 0.545. The maximum atomic E-state index is 12.4. The molecule has 164 valence electrons. The van der Waals surface area contributed by atoms with Gasteiger partial charge in [-0.15, -0.1) is 11.3 Å². The van der Waals surface area contributed by atoms with Crippen molar-refractivity contribution in [2.45, 2.75) is 11.5 Å². The Morgan fingerprint density at radius 2 is 1.97 bits per heavy atom. The second-order valence-electron chi connectivity index (χ2n) is 6.11. The first-order valence-corrected chi connectivity index (χ1v) is 11.6. The van der Waals surface area contributed by atoms with Crippen molar-refractivity contribution in [1.29, 1.82) is 0 Å². The van der Waals surface area contributed by atoms with Crippen LogP contribution in [0.4, 0.5) is 0 Å². The van der Waals surface area contributed by atoms with Gasteiger partial charge in [-0.05, 0) is 37.4 Å². The topological polar surface area (TPSA) is 104 Å². The van der Waals surface area contributed by atoms with Gasteiger partial charge in [-0.1, -0.05) is 17.7 Å². The molecule has 11 heteroatoms. The lowest BCUT2D eigenvalue weighted by molar-refractivity contribution is 0.0468. The Morgan fingerprint density at radius 3 is 2.65 bits per heavy atom. The van der Waals surface area contributed by atoms with E-state index in [0.717, 1.165) is 5.56 Å². The summed E-state index contributed by atoms with van der Waals surface area (Å²) >= 11 is 7.31. The second kappa shape index (κ2) is 9.65. The Labute approximate surface area is 188 Å². The molecule has 0 aliphatic carbocycles. The van der Waals surface area contributed by atoms with Gasteiger partial charge in [0.1, 0.15) is 16.5 Å². The van der Waals surface area contributed by atoms with E-state index in [1.165, 1.54) is 36.6 Å². The highest BCUT2D eigenvalue weighted by atomic mass is 35.5. The maximum absolute atomic E-state index is 12.4. The van der Waals surface area contributed by atoms with Gasteiger partial charge in [0.2, 0.25) is 10.0 Å². The average molecular weight is 483 g/mol. The standard InChI is InChI=1S/C20H19ClN2O6S2/c1-22-31(25,26)17-9-12(7-8-15(17)21)20(24)29-10-13-11-30-19(23-13)14-5-4-6-16(27-2)18(14)28-3/h4-9,11,22H,10H2,1-3H3. The average Bonchev–Trinajstić information content (AvgIpc) is 3.25. The molecule has 0 amide bonds. The number of esters is 1. The lowest BCUT2D eigenvalue weighted by Crippen LogP contribution is -2.19. The molecule has 3 aromatic rings. The van der Waals surface area contributed by atoms with Crippen molar-refractivity contribution in [3.05, 3.63) is 58.1 Å². The van der Waals surface area contributed by atoms with Crippen LogP contribution in [0, 0.1) is 0 Å². The molecule has 0 radical (unpaired) electrons. The van der Waals surface area contributed by atoms with Gasteiger partial charge in [-0.2, -0.15) is 0 Å². The van der Waals surface area contributed by atoms with E-state index < -0.39 is 16.0 Å². The van der Waals surface area contributed by atoms with Gasteiger partial charge in [0, 0.05) is 5.38 Å². The molecule has 1 heterocycles.